The Morgan fingerprint density at radius 2 is 2.00 bits per heavy atom. The molecule has 1 aliphatic carbocycles. The number of carbonyl (C=O) groups excluding carboxylic acids is 1. The predicted molar refractivity (Wildman–Crippen MR) is 77.6 cm³/mol. The molecule has 6 heteroatoms. The zero-order valence-corrected chi connectivity index (χ0v) is 12.4. The third-order valence-corrected chi connectivity index (χ3v) is 3.80. The lowest BCUT2D eigenvalue weighted by atomic mass is 9.95. The Morgan fingerprint density at radius 1 is 1.38 bits per heavy atom. The zero-order chi connectivity index (χ0) is 15.6. The average molecular weight is 292 g/mol. The molecule has 1 aliphatic rings. The zero-order valence-electron chi connectivity index (χ0n) is 12.4. The summed E-state index contributed by atoms with van der Waals surface area (Å²) in [5, 5.41) is 13.6. The highest BCUT2D eigenvalue weighted by Crippen LogP contribution is 2.34. The van der Waals surface area contributed by atoms with Crippen LogP contribution in [0.25, 0.3) is 0 Å². The third kappa shape index (κ3) is 3.51. The number of nitrogens with one attached hydrogen (secondary N) is 1. The Balaban J connectivity index is 2.05. The summed E-state index contributed by atoms with van der Waals surface area (Å²) in [7, 11) is 1.60. The quantitative estimate of drug-likeness (QED) is 0.643. The monoisotopic (exact) mass is 292 g/mol. The van der Waals surface area contributed by atoms with E-state index in [1.807, 2.05) is 38.1 Å². The van der Waals surface area contributed by atoms with E-state index in [1.54, 1.807) is 7.11 Å². The number of methoxy groups -OCH3 is 1. The molecular formula is C15H20N2O4. The van der Waals surface area contributed by atoms with Crippen molar-refractivity contribution >= 4 is 5.91 Å². The molecule has 0 aliphatic heterocycles. The number of carbonyl (C=O) groups is 1. The molecule has 1 aromatic carbocycles. The van der Waals surface area contributed by atoms with Crippen molar-refractivity contribution in [3.63, 3.8) is 0 Å². The lowest BCUT2D eigenvalue weighted by Gasteiger charge is -2.23. The van der Waals surface area contributed by atoms with Gasteiger partial charge in [0.05, 0.1) is 13.2 Å². The highest BCUT2D eigenvalue weighted by Gasteiger charge is 2.53. The van der Waals surface area contributed by atoms with Gasteiger partial charge >= 0.3 is 0 Å². The van der Waals surface area contributed by atoms with Crippen molar-refractivity contribution in [2.75, 3.05) is 7.11 Å². The fourth-order valence-corrected chi connectivity index (χ4v) is 2.40. The van der Waals surface area contributed by atoms with Crippen LogP contribution in [0.15, 0.2) is 24.3 Å². The predicted octanol–water partition coefficient (Wildman–Crippen LogP) is 2.17. The van der Waals surface area contributed by atoms with Gasteiger partial charge in [0.25, 0.3) is 0 Å². The number of nitro groups is 1. The fourth-order valence-electron chi connectivity index (χ4n) is 2.40. The van der Waals surface area contributed by atoms with Crippen LogP contribution >= 0.6 is 0 Å². The minimum Gasteiger partial charge on any atom is -0.497 e. The average Bonchev–Trinajstić information content (AvgIpc) is 3.25. The molecule has 21 heavy (non-hydrogen) atoms. The van der Waals surface area contributed by atoms with Crippen molar-refractivity contribution in [2.45, 2.75) is 32.4 Å². The summed E-state index contributed by atoms with van der Waals surface area (Å²) < 4.78 is 5.12. The van der Waals surface area contributed by atoms with Crippen LogP contribution in [0.4, 0.5) is 0 Å². The summed E-state index contributed by atoms with van der Waals surface area (Å²) in [6.45, 7) is 4.01. The maximum atomic E-state index is 12.1. The van der Waals surface area contributed by atoms with E-state index >= 15 is 0 Å². The van der Waals surface area contributed by atoms with E-state index in [2.05, 4.69) is 5.32 Å². The molecule has 0 saturated heterocycles. The number of hydrogen-bond acceptors (Lipinski definition) is 4. The van der Waals surface area contributed by atoms with Crippen LogP contribution in [0.1, 0.15) is 31.9 Å². The molecule has 0 spiro atoms. The molecule has 2 rings (SSSR count). The summed E-state index contributed by atoms with van der Waals surface area (Å²) in [6.07, 6.45) is 0.340. The van der Waals surface area contributed by atoms with Crippen molar-refractivity contribution < 1.29 is 14.5 Å². The summed E-state index contributed by atoms with van der Waals surface area (Å²) in [5.74, 6) is 0.226. The fraction of sp³-hybridized carbons (Fsp3) is 0.533. The van der Waals surface area contributed by atoms with Crippen LogP contribution in [-0.2, 0) is 4.79 Å². The molecule has 0 bridgehead atoms. The molecule has 0 unspecified atom stereocenters. The van der Waals surface area contributed by atoms with Crippen molar-refractivity contribution in [1.29, 1.82) is 0 Å². The molecule has 114 valence electrons. The van der Waals surface area contributed by atoms with Crippen molar-refractivity contribution in [3.05, 3.63) is 39.9 Å². The highest BCUT2D eigenvalue weighted by molar-refractivity contribution is 5.82. The summed E-state index contributed by atoms with van der Waals surface area (Å²) in [4.78, 5) is 22.4. The topological polar surface area (TPSA) is 81.5 Å². The maximum Gasteiger partial charge on any atom is 0.230 e. The minimum absolute atomic E-state index is 0.156. The van der Waals surface area contributed by atoms with Crippen LogP contribution < -0.4 is 10.1 Å². The second-order valence-corrected chi connectivity index (χ2v) is 5.70. The molecule has 3 atom stereocenters. The first-order valence-electron chi connectivity index (χ1n) is 7.02. The van der Waals surface area contributed by atoms with E-state index in [0.29, 0.717) is 6.42 Å². The Morgan fingerprint density at radius 3 is 2.43 bits per heavy atom. The van der Waals surface area contributed by atoms with Gasteiger partial charge in [-0.05, 0) is 23.6 Å². The highest BCUT2D eigenvalue weighted by atomic mass is 16.6. The largest absolute Gasteiger partial charge is 0.497 e. The van der Waals surface area contributed by atoms with Crippen molar-refractivity contribution in [1.82, 2.24) is 5.32 Å². The lowest BCUT2D eigenvalue weighted by molar-refractivity contribution is -0.497. The summed E-state index contributed by atoms with van der Waals surface area (Å²) in [5.41, 5.74) is 0.970. The molecule has 6 nitrogen and oxygen atoms in total. The van der Waals surface area contributed by atoms with Gasteiger partial charge in [-0.25, -0.2) is 0 Å². The molecule has 1 aromatic rings. The summed E-state index contributed by atoms with van der Waals surface area (Å²) in [6, 6.07) is 6.62. The Labute approximate surface area is 123 Å². The molecular weight excluding hydrogens is 272 g/mol. The number of amides is 1. The SMILES string of the molecule is COc1ccc([C@H](NC(=O)[C@H]2C[C@@H]2[N+](=O)[O-])C(C)C)cc1. The minimum atomic E-state index is -0.714. The van der Waals surface area contributed by atoms with Crippen molar-refractivity contribution in [3.8, 4) is 5.75 Å². The number of benzene rings is 1. The number of hydrogen-bond donors (Lipinski definition) is 1. The maximum absolute atomic E-state index is 12.1. The third-order valence-electron chi connectivity index (χ3n) is 3.80. The number of ether oxygens (including phenoxy) is 1. The Bertz CT molecular complexity index is 527. The van der Waals surface area contributed by atoms with Gasteiger partial charge in [-0.3, -0.25) is 14.9 Å². The summed E-state index contributed by atoms with van der Waals surface area (Å²) >= 11 is 0. The van der Waals surface area contributed by atoms with Gasteiger partial charge in [-0.2, -0.15) is 0 Å². The van der Waals surface area contributed by atoms with Gasteiger partial charge in [0, 0.05) is 11.3 Å². The van der Waals surface area contributed by atoms with E-state index in [4.69, 9.17) is 4.74 Å². The first kappa shape index (κ1) is 15.3. The molecule has 0 aromatic heterocycles. The Hall–Kier alpha value is -2.11. The second-order valence-electron chi connectivity index (χ2n) is 5.70. The van der Waals surface area contributed by atoms with E-state index in [1.165, 1.54) is 0 Å². The first-order chi connectivity index (χ1) is 9.93. The molecule has 0 radical (unpaired) electrons. The molecule has 1 fully saturated rings. The normalized spacial score (nSPS) is 21.7. The van der Waals surface area contributed by atoms with Gasteiger partial charge < -0.3 is 10.1 Å². The molecule has 1 N–H and O–H groups in total. The van der Waals surface area contributed by atoms with E-state index < -0.39 is 12.0 Å². The van der Waals surface area contributed by atoms with Gasteiger partial charge in [0.15, 0.2) is 0 Å². The van der Waals surface area contributed by atoms with E-state index in [0.717, 1.165) is 11.3 Å². The van der Waals surface area contributed by atoms with Crippen molar-refractivity contribution in [2.24, 2.45) is 11.8 Å². The van der Waals surface area contributed by atoms with Gasteiger partial charge in [-0.1, -0.05) is 26.0 Å². The molecule has 0 heterocycles. The lowest BCUT2D eigenvalue weighted by Crippen LogP contribution is -2.34. The van der Waals surface area contributed by atoms with Gasteiger partial charge in [0.1, 0.15) is 11.7 Å². The standard InChI is InChI=1S/C15H20N2O4/c1-9(2)14(10-4-6-11(21-3)7-5-10)16-15(18)12-8-13(12)17(19)20/h4-7,9,12-14H,8H2,1-3H3,(H,16,18)/t12-,13-,14+/m0/s1. The number of nitrogens with zero attached hydrogens (tertiary/aromatic N) is 1. The van der Waals surface area contributed by atoms with Crippen LogP contribution in [0.5, 0.6) is 5.75 Å². The van der Waals surface area contributed by atoms with Crippen LogP contribution in [0.3, 0.4) is 0 Å². The van der Waals surface area contributed by atoms with Crippen LogP contribution in [-0.4, -0.2) is 24.0 Å². The first-order valence-corrected chi connectivity index (χ1v) is 7.02. The molecule has 1 saturated carbocycles. The smallest absolute Gasteiger partial charge is 0.230 e. The number of rotatable bonds is 6. The van der Waals surface area contributed by atoms with Crippen LogP contribution in [0.2, 0.25) is 0 Å². The van der Waals surface area contributed by atoms with E-state index in [9.17, 15) is 14.9 Å². The van der Waals surface area contributed by atoms with Gasteiger partial charge in [0.2, 0.25) is 11.9 Å². The van der Waals surface area contributed by atoms with Gasteiger partial charge in [-0.15, -0.1) is 0 Å². The molecule has 1 amide bonds. The van der Waals surface area contributed by atoms with E-state index in [-0.39, 0.29) is 22.8 Å². The van der Waals surface area contributed by atoms with Crippen LogP contribution in [0, 0.1) is 22.0 Å². The Kier molecular flexibility index (Phi) is 4.45. The second kappa shape index (κ2) is 6.11.